The van der Waals surface area contributed by atoms with Crippen LogP contribution >= 0.6 is 0 Å². The van der Waals surface area contributed by atoms with Crippen molar-refractivity contribution in [1.29, 1.82) is 0 Å². The van der Waals surface area contributed by atoms with Crippen molar-refractivity contribution in [2.75, 3.05) is 11.1 Å². The van der Waals surface area contributed by atoms with Gasteiger partial charge < -0.3 is 11.1 Å². The van der Waals surface area contributed by atoms with Crippen LogP contribution in [0.15, 0.2) is 30.5 Å². The van der Waals surface area contributed by atoms with Crippen LogP contribution in [0.2, 0.25) is 0 Å². The van der Waals surface area contributed by atoms with E-state index in [0.29, 0.717) is 18.0 Å². The Bertz CT molecular complexity index is 595. The minimum Gasteiger partial charge on any atom is -0.397 e. The van der Waals surface area contributed by atoms with Gasteiger partial charge in [-0.3, -0.25) is 9.78 Å². The molecule has 1 unspecified atom stereocenters. The van der Waals surface area contributed by atoms with Gasteiger partial charge in [-0.25, -0.2) is 0 Å². The summed E-state index contributed by atoms with van der Waals surface area (Å²) >= 11 is 0. The fourth-order valence-electron chi connectivity index (χ4n) is 1.97. The van der Waals surface area contributed by atoms with Crippen LogP contribution in [0.25, 0.3) is 10.9 Å². The fourth-order valence-corrected chi connectivity index (χ4v) is 1.97. The maximum atomic E-state index is 11.9. The molecule has 0 fully saturated rings. The van der Waals surface area contributed by atoms with Crippen molar-refractivity contribution >= 4 is 28.2 Å². The van der Waals surface area contributed by atoms with Gasteiger partial charge in [-0.05, 0) is 30.2 Å². The Kier molecular flexibility index (Phi) is 4.00. The lowest BCUT2D eigenvalue weighted by Crippen LogP contribution is -2.15. The molecule has 0 aliphatic rings. The molecule has 1 amide bonds. The van der Waals surface area contributed by atoms with E-state index in [2.05, 4.69) is 24.1 Å². The third-order valence-corrected chi connectivity index (χ3v) is 3.31. The van der Waals surface area contributed by atoms with Crippen LogP contribution in [-0.4, -0.2) is 10.9 Å². The fraction of sp³-hybridized carbons (Fsp3) is 0.333. The molecule has 2 rings (SSSR count). The van der Waals surface area contributed by atoms with Crippen LogP contribution in [0.1, 0.15) is 26.7 Å². The number of hydrogen-bond donors (Lipinski definition) is 2. The SMILES string of the molecule is CCC(C)CC(=O)Nc1ccc(N)c2ncccc12. The zero-order chi connectivity index (χ0) is 13.8. The normalized spacial score (nSPS) is 12.3. The topological polar surface area (TPSA) is 68.0 Å². The summed E-state index contributed by atoms with van der Waals surface area (Å²) in [5, 5.41) is 3.82. The van der Waals surface area contributed by atoms with Crippen LogP contribution in [0.5, 0.6) is 0 Å². The number of nitrogen functional groups attached to an aromatic ring is 1. The molecule has 0 aliphatic heterocycles. The van der Waals surface area contributed by atoms with Gasteiger partial charge in [0.2, 0.25) is 5.91 Å². The second-order valence-electron chi connectivity index (χ2n) is 4.87. The number of aromatic nitrogens is 1. The van der Waals surface area contributed by atoms with Crippen molar-refractivity contribution in [3.8, 4) is 0 Å². The zero-order valence-electron chi connectivity index (χ0n) is 11.3. The largest absolute Gasteiger partial charge is 0.397 e. The maximum Gasteiger partial charge on any atom is 0.224 e. The van der Waals surface area contributed by atoms with Crippen molar-refractivity contribution in [1.82, 2.24) is 4.98 Å². The van der Waals surface area contributed by atoms with Crippen molar-refractivity contribution in [2.24, 2.45) is 5.92 Å². The van der Waals surface area contributed by atoms with E-state index in [1.807, 2.05) is 18.2 Å². The quantitative estimate of drug-likeness (QED) is 0.826. The molecule has 1 aromatic heterocycles. The standard InChI is InChI=1S/C15H19N3O/c1-3-10(2)9-14(19)18-13-7-6-12(16)15-11(13)5-4-8-17-15/h4-8,10H,3,9,16H2,1-2H3,(H,18,19). The number of nitrogens with zero attached hydrogens (tertiary/aromatic N) is 1. The molecule has 0 spiro atoms. The minimum atomic E-state index is 0.0317. The van der Waals surface area contributed by atoms with E-state index in [4.69, 9.17) is 5.73 Å². The highest BCUT2D eigenvalue weighted by molar-refractivity contribution is 6.04. The number of rotatable bonds is 4. The molecule has 1 heterocycles. The van der Waals surface area contributed by atoms with Gasteiger partial charge in [0.05, 0.1) is 16.9 Å². The smallest absolute Gasteiger partial charge is 0.224 e. The molecule has 19 heavy (non-hydrogen) atoms. The number of carbonyl (C=O) groups excluding carboxylic acids is 1. The maximum absolute atomic E-state index is 11.9. The predicted molar refractivity (Wildman–Crippen MR) is 78.9 cm³/mol. The van der Waals surface area contributed by atoms with Crippen molar-refractivity contribution in [3.63, 3.8) is 0 Å². The van der Waals surface area contributed by atoms with E-state index < -0.39 is 0 Å². The molecule has 1 aromatic carbocycles. The second kappa shape index (κ2) is 5.69. The van der Waals surface area contributed by atoms with Crippen molar-refractivity contribution in [3.05, 3.63) is 30.5 Å². The molecule has 4 heteroatoms. The number of pyridine rings is 1. The van der Waals surface area contributed by atoms with Gasteiger partial charge in [0.25, 0.3) is 0 Å². The van der Waals surface area contributed by atoms with Crippen LogP contribution in [0.3, 0.4) is 0 Å². The summed E-state index contributed by atoms with van der Waals surface area (Å²) in [5.74, 6) is 0.419. The van der Waals surface area contributed by atoms with Gasteiger partial charge >= 0.3 is 0 Å². The summed E-state index contributed by atoms with van der Waals surface area (Å²) in [6, 6.07) is 7.35. The first-order valence-corrected chi connectivity index (χ1v) is 6.55. The first-order chi connectivity index (χ1) is 9.11. The van der Waals surface area contributed by atoms with E-state index in [0.717, 1.165) is 23.0 Å². The summed E-state index contributed by atoms with van der Waals surface area (Å²) in [4.78, 5) is 16.2. The van der Waals surface area contributed by atoms with E-state index >= 15 is 0 Å². The monoisotopic (exact) mass is 257 g/mol. The number of hydrogen-bond acceptors (Lipinski definition) is 3. The van der Waals surface area contributed by atoms with Crippen LogP contribution in [0.4, 0.5) is 11.4 Å². The van der Waals surface area contributed by atoms with Crippen LogP contribution < -0.4 is 11.1 Å². The second-order valence-corrected chi connectivity index (χ2v) is 4.87. The summed E-state index contributed by atoms with van der Waals surface area (Å²) in [7, 11) is 0. The Morgan fingerprint density at radius 2 is 2.21 bits per heavy atom. The van der Waals surface area contributed by atoms with Gasteiger partial charge in [0.15, 0.2) is 0 Å². The van der Waals surface area contributed by atoms with Gasteiger partial charge in [0, 0.05) is 18.0 Å². The molecule has 0 radical (unpaired) electrons. The van der Waals surface area contributed by atoms with Crippen molar-refractivity contribution < 1.29 is 4.79 Å². The van der Waals surface area contributed by atoms with E-state index in [1.54, 1.807) is 12.3 Å². The van der Waals surface area contributed by atoms with Crippen LogP contribution in [-0.2, 0) is 4.79 Å². The lowest BCUT2D eigenvalue weighted by atomic mass is 10.0. The molecule has 3 N–H and O–H groups in total. The molecule has 4 nitrogen and oxygen atoms in total. The average molecular weight is 257 g/mol. The summed E-state index contributed by atoms with van der Waals surface area (Å²) < 4.78 is 0. The minimum absolute atomic E-state index is 0.0317. The molecule has 0 saturated carbocycles. The number of carbonyl (C=O) groups is 1. The van der Waals surface area contributed by atoms with Gasteiger partial charge in [-0.1, -0.05) is 20.3 Å². The third-order valence-electron chi connectivity index (χ3n) is 3.31. The Hall–Kier alpha value is -2.10. The number of benzene rings is 1. The van der Waals surface area contributed by atoms with Gasteiger partial charge in [-0.2, -0.15) is 0 Å². The number of nitrogens with two attached hydrogens (primary N) is 1. The number of amides is 1. The van der Waals surface area contributed by atoms with E-state index in [9.17, 15) is 4.79 Å². The Morgan fingerprint density at radius 3 is 2.95 bits per heavy atom. The highest BCUT2D eigenvalue weighted by Gasteiger charge is 2.10. The molecule has 100 valence electrons. The zero-order valence-corrected chi connectivity index (χ0v) is 11.3. The van der Waals surface area contributed by atoms with Crippen molar-refractivity contribution in [2.45, 2.75) is 26.7 Å². The molecule has 1 atom stereocenters. The lowest BCUT2D eigenvalue weighted by Gasteiger charge is -2.12. The summed E-state index contributed by atoms with van der Waals surface area (Å²) in [6.45, 7) is 4.16. The molecular weight excluding hydrogens is 238 g/mol. The number of nitrogens with one attached hydrogen (secondary N) is 1. The Labute approximate surface area is 113 Å². The molecule has 0 saturated heterocycles. The number of fused-ring (bicyclic) bond motifs is 1. The van der Waals surface area contributed by atoms with E-state index in [-0.39, 0.29) is 5.91 Å². The third kappa shape index (κ3) is 3.02. The molecule has 0 aliphatic carbocycles. The van der Waals surface area contributed by atoms with Gasteiger partial charge in [0.1, 0.15) is 0 Å². The average Bonchev–Trinajstić information content (AvgIpc) is 2.42. The molecular formula is C15H19N3O. The Balaban J connectivity index is 2.26. The summed E-state index contributed by atoms with van der Waals surface area (Å²) in [6.07, 6.45) is 3.23. The molecule has 0 bridgehead atoms. The van der Waals surface area contributed by atoms with Gasteiger partial charge in [-0.15, -0.1) is 0 Å². The van der Waals surface area contributed by atoms with Crippen LogP contribution in [0, 0.1) is 5.92 Å². The first kappa shape index (κ1) is 13.3. The Morgan fingerprint density at radius 1 is 1.42 bits per heavy atom. The molecule has 2 aromatic rings. The highest BCUT2D eigenvalue weighted by Crippen LogP contribution is 2.26. The highest BCUT2D eigenvalue weighted by atomic mass is 16.1. The summed E-state index contributed by atoms with van der Waals surface area (Å²) in [5.41, 5.74) is 8.00. The lowest BCUT2D eigenvalue weighted by molar-refractivity contribution is -0.117. The van der Waals surface area contributed by atoms with E-state index in [1.165, 1.54) is 0 Å². The number of anilines is 2. The predicted octanol–water partition coefficient (Wildman–Crippen LogP) is 3.19. The first-order valence-electron chi connectivity index (χ1n) is 6.55.